The Morgan fingerprint density at radius 2 is 1.71 bits per heavy atom. The highest BCUT2D eigenvalue weighted by Gasteiger charge is 2.11. The van der Waals surface area contributed by atoms with Gasteiger partial charge in [-0.05, 0) is 11.6 Å². The predicted molar refractivity (Wildman–Crippen MR) is 74.4 cm³/mol. The van der Waals surface area contributed by atoms with Crippen LogP contribution in [0.3, 0.4) is 0 Å². The van der Waals surface area contributed by atoms with Crippen LogP contribution in [0.15, 0.2) is 34.8 Å². The Bertz CT molecular complexity index is 687. The summed E-state index contributed by atoms with van der Waals surface area (Å²) in [7, 11) is 0. The highest BCUT2D eigenvalue weighted by Crippen LogP contribution is 2.23. The second-order valence-electron chi connectivity index (χ2n) is 4.18. The van der Waals surface area contributed by atoms with E-state index in [1.807, 2.05) is 0 Å². The molecular weight excluding hydrogens is 353 g/mol. The van der Waals surface area contributed by atoms with Crippen molar-refractivity contribution in [2.24, 2.45) is 0 Å². The Hall–Kier alpha value is -2.09. The summed E-state index contributed by atoms with van der Waals surface area (Å²) in [6, 6.07) is 5.90. The normalized spacial score (nSPS) is 10.5. The van der Waals surface area contributed by atoms with Crippen LogP contribution in [-0.4, -0.2) is 4.92 Å². The fourth-order valence-corrected chi connectivity index (χ4v) is 2.23. The van der Waals surface area contributed by atoms with Crippen LogP contribution < -0.4 is 5.32 Å². The minimum Gasteiger partial charge on any atom is -0.381 e. The Morgan fingerprint density at radius 3 is 2.29 bits per heavy atom. The lowest BCUT2D eigenvalue weighted by Crippen LogP contribution is -2.02. The molecule has 2 aromatic rings. The SMILES string of the molecule is O=[N+]([O-])c1cc(Br)cc(CNc2cc(F)c(F)c(F)c2)c1. The summed E-state index contributed by atoms with van der Waals surface area (Å²) in [5.74, 6) is -4.16. The number of nitro benzene ring substituents is 1. The minimum atomic E-state index is -1.54. The average Bonchev–Trinajstić information content (AvgIpc) is 2.41. The lowest BCUT2D eigenvalue weighted by molar-refractivity contribution is -0.385. The molecule has 0 aromatic heterocycles. The quantitative estimate of drug-likeness (QED) is 0.499. The van der Waals surface area contributed by atoms with E-state index in [2.05, 4.69) is 21.2 Å². The maximum absolute atomic E-state index is 13.0. The van der Waals surface area contributed by atoms with Gasteiger partial charge in [0.25, 0.3) is 5.69 Å². The van der Waals surface area contributed by atoms with Crippen LogP contribution in [-0.2, 0) is 6.54 Å². The van der Waals surface area contributed by atoms with Gasteiger partial charge in [0.1, 0.15) is 0 Å². The first-order chi connectivity index (χ1) is 9.86. The second-order valence-corrected chi connectivity index (χ2v) is 5.10. The standard InChI is InChI=1S/C13H8BrF3N2O2/c14-8-1-7(2-10(3-8)19(20)21)6-18-9-4-11(15)13(17)12(16)5-9/h1-5,18H,6H2. The molecule has 8 heteroatoms. The molecule has 0 saturated heterocycles. The maximum atomic E-state index is 13.0. The molecule has 0 saturated carbocycles. The van der Waals surface area contributed by atoms with E-state index in [0.29, 0.717) is 10.0 Å². The molecule has 0 fully saturated rings. The summed E-state index contributed by atoms with van der Waals surface area (Å²) in [4.78, 5) is 10.2. The molecule has 0 atom stereocenters. The number of hydrogen-bond donors (Lipinski definition) is 1. The lowest BCUT2D eigenvalue weighted by atomic mass is 10.2. The Labute approximate surface area is 125 Å². The molecule has 0 aliphatic rings. The molecule has 110 valence electrons. The third-order valence-electron chi connectivity index (χ3n) is 2.63. The molecule has 4 nitrogen and oxygen atoms in total. The van der Waals surface area contributed by atoms with Gasteiger partial charge in [0, 0.05) is 41.0 Å². The van der Waals surface area contributed by atoms with Gasteiger partial charge >= 0.3 is 0 Å². The molecule has 0 amide bonds. The van der Waals surface area contributed by atoms with Crippen LogP contribution in [0.25, 0.3) is 0 Å². The highest BCUT2D eigenvalue weighted by atomic mass is 79.9. The van der Waals surface area contributed by atoms with Gasteiger partial charge in [-0.3, -0.25) is 10.1 Å². The summed E-state index contributed by atoms with van der Waals surface area (Å²) >= 11 is 3.14. The molecule has 0 aliphatic carbocycles. The molecule has 2 aromatic carbocycles. The van der Waals surface area contributed by atoms with Crippen LogP contribution in [0.2, 0.25) is 0 Å². The van der Waals surface area contributed by atoms with E-state index < -0.39 is 22.4 Å². The third-order valence-corrected chi connectivity index (χ3v) is 3.09. The van der Waals surface area contributed by atoms with E-state index in [4.69, 9.17) is 0 Å². The number of nitrogens with one attached hydrogen (secondary N) is 1. The summed E-state index contributed by atoms with van der Waals surface area (Å²) in [6.45, 7) is 0.0881. The van der Waals surface area contributed by atoms with E-state index in [9.17, 15) is 23.3 Å². The van der Waals surface area contributed by atoms with Gasteiger partial charge in [-0.2, -0.15) is 0 Å². The third kappa shape index (κ3) is 3.72. The van der Waals surface area contributed by atoms with Gasteiger partial charge in [-0.25, -0.2) is 13.2 Å². The molecule has 0 spiro atoms. The number of nitrogens with zero attached hydrogens (tertiary/aromatic N) is 1. The predicted octanol–water partition coefficient (Wildman–Crippen LogP) is 4.39. The maximum Gasteiger partial charge on any atom is 0.270 e. The zero-order valence-corrected chi connectivity index (χ0v) is 12.0. The summed E-state index contributed by atoms with van der Waals surface area (Å²) in [5.41, 5.74) is 0.452. The lowest BCUT2D eigenvalue weighted by Gasteiger charge is -2.08. The van der Waals surface area contributed by atoms with Crippen molar-refractivity contribution in [2.75, 3.05) is 5.32 Å². The fourth-order valence-electron chi connectivity index (χ4n) is 1.70. The van der Waals surface area contributed by atoms with Crippen molar-refractivity contribution in [1.82, 2.24) is 0 Å². The van der Waals surface area contributed by atoms with Crippen LogP contribution in [0.5, 0.6) is 0 Å². The van der Waals surface area contributed by atoms with Crippen LogP contribution >= 0.6 is 15.9 Å². The molecule has 0 radical (unpaired) electrons. The summed E-state index contributed by atoms with van der Waals surface area (Å²) in [5, 5.41) is 13.4. The molecule has 1 N–H and O–H groups in total. The van der Waals surface area contributed by atoms with Gasteiger partial charge in [-0.1, -0.05) is 15.9 Å². The molecule has 21 heavy (non-hydrogen) atoms. The molecule has 2 rings (SSSR count). The monoisotopic (exact) mass is 360 g/mol. The minimum absolute atomic E-state index is 0.0361. The van der Waals surface area contributed by atoms with Crippen molar-refractivity contribution in [1.29, 1.82) is 0 Å². The van der Waals surface area contributed by atoms with Crippen LogP contribution in [0.4, 0.5) is 24.5 Å². The van der Waals surface area contributed by atoms with Crippen molar-refractivity contribution in [2.45, 2.75) is 6.54 Å². The Balaban J connectivity index is 2.18. The molecule has 0 bridgehead atoms. The fraction of sp³-hybridized carbons (Fsp3) is 0.0769. The zero-order chi connectivity index (χ0) is 15.6. The average molecular weight is 361 g/mol. The Morgan fingerprint density at radius 1 is 1.10 bits per heavy atom. The van der Waals surface area contributed by atoms with E-state index >= 15 is 0 Å². The van der Waals surface area contributed by atoms with E-state index in [-0.39, 0.29) is 17.9 Å². The van der Waals surface area contributed by atoms with Gasteiger partial charge in [-0.15, -0.1) is 0 Å². The van der Waals surface area contributed by atoms with Crippen molar-refractivity contribution < 1.29 is 18.1 Å². The van der Waals surface area contributed by atoms with Crippen LogP contribution in [0.1, 0.15) is 5.56 Å². The van der Waals surface area contributed by atoms with Gasteiger partial charge in [0.15, 0.2) is 17.5 Å². The van der Waals surface area contributed by atoms with Crippen LogP contribution in [0, 0.1) is 27.6 Å². The van der Waals surface area contributed by atoms with Crippen molar-refractivity contribution in [3.63, 3.8) is 0 Å². The Kier molecular flexibility index (Phi) is 4.46. The topological polar surface area (TPSA) is 55.2 Å². The first kappa shape index (κ1) is 15.3. The first-order valence-electron chi connectivity index (χ1n) is 5.69. The van der Waals surface area contributed by atoms with Gasteiger partial charge < -0.3 is 5.32 Å². The number of benzene rings is 2. The number of halogens is 4. The molecule has 0 unspecified atom stereocenters. The molecule has 0 heterocycles. The van der Waals surface area contributed by atoms with Gasteiger partial charge in [0.2, 0.25) is 0 Å². The number of rotatable bonds is 4. The summed E-state index contributed by atoms with van der Waals surface area (Å²) < 4.78 is 39.4. The van der Waals surface area contributed by atoms with E-state index in [0.717, 1.165) is 12.1 Å². The number of nitro groups is 1. The van der Waals surface area contributed by atoms with E-state index in [1.54, 1.807) is 6.07 Å². The van der Waals surface area contributed by atoms with E-state index in [1.165, 1.54) is 12.1 Å². The number of anilines is 1. The van der Waals surface area contributed by atoms with Crippen molar-refractivity contribution >= 4 is 27.3 Å². The smallest absolute Gasteiger partial charge is 0.270 e. The molecular formula is C13H8BrF3N2O2. The second kappa shape index (κ2) is 6.13. The van der Waals surface area contributed by atoms with Crippen molar-refractivity contribution in [3.8, 4) is 0 Å². The highest BCUT2D eigenvalue weighted by molar-refractivity contribution is 9.10. The zero-order valence-electron chi connectivity index (χ0n) is 10.4. The number of hydrogen-bond acceptors (Lipinski definition) is 3. The van der Waals surface area contributed by atoms with Gasteiger partial charge in [0.05, 0.1) is 4.92 Å². The molecule has 0 aliphatic heterocycles. The summed E-state index contributed by atoms with van der Waals surface area (Å²) in [6.07, 6.45) is 0. The largest absolute Gasteiger partial charge is 0.381 e. The van der Waals surface area contributed by atoms with Crippen molar-refractivity contribution in [3.05, 3.63) is 67.9 Å². The number of non-ortho nitro benzene ring substituents is 1. The first-order valence-corrected chi connectivity index (χ1v) is 6.48.